The predicted octanol–water partition coefficient (Wildman–Crippen LogP) is 5.28. The van der Waals surface area contributed by atoms with E-state index in [4.69, 9.17) is 4.74 Å². The Morgan fingerprint density at radius 1 is 0.742 bits per heavy atom. The summed E-state index contributed by atoms with van der Waals surface area (Å²) in [5.74, 6) is -0.213. The molecular weight excluding hydrogens is 388 g/mol. The first-order chi connectivity index (χ1) is 14.9. The fourth-order valence-electron chi connectivity index (χ4n) is 3.20. The molecule has 0 aliphatic heterocycles. The maximum Gasteiger partial charge on any atom is 0.261 e. The molecule has 158 valence electrons. The van der Waals surface area contributed by atoms with Gasteiger partial charge in [0.25, 0.3) is 11.8 Å². The number of para-hydroxylation sites is 2. The van der Waals surface area contributed by atoms with Crippen molar-refractivity contribution in [1.82, 2.24) is 0 Å². The molecule has 3 aromatic carbocycles. The van der Waals surface area contributed by atoms with E-state index in [9.17, 15) is 9.59 Å². The fourth-order valence-corrected chi connectivity index (χ4v) is 3.20. The standard InChI is InChI=1S/C26H26N2O3/c1-17-9-5-7-11-22(17)27-25(29)21(16-20-13-14-24(31-4)19(3)15-20)26(30)28-23-12-8-6-10-18(23)2/h5-16H,1-4H3,(H,27,29)(H,28,30). The third-order valence-corrected chi connectivity index (χ3v) is 5.01. The van der Waals surface area contributed by atoms with Crippen LogP contribution in [-0.2, 0) is 9.59 Å². The molecule has 0 aliphatic rings. The van der Waals surface area contributed by atoms with Gasteiger partial charge in [-0.1, -0.05) is 42.5 Å². The second-order valence-electron chi connectivity index (χ2n) is 7.33. The molecule has 0 spiro atoms. The van der Waals surface area contributed by atoms with Crippen molar-refractivity contribution in [2.45, 2.75) is 20.8 Å². The first-order valence-corrected chi connectivity index (χ1v) is 9.99. The average Bonchev–Trinajstić information content (AvgIpc) is 2.75. The number of methoxy groups -OCH3 is 1. The van der Waals surface area contributed by atoms with Crippen molar-refractivity contribution < 1.29 is 14.3 Å². The third-order valence-electron chi connectivity index (χ3n) is 5.01. The van der Waals surface area contributed by atoms with Crippen molar-refractivity contribution in [3.8, 4) is 5.75 Å². The number of ether oxygens (including phenoxy) is 1. The first kappa shape index (κ1) is 21.8. The molecule has 0 saturated carbocycles. The highest BCUT2D eigenvalue weighted by Crippen LogP contribution is 2.22. The van der Waals surface area contributed by atoms with Gasteiger partial charge in [0.1, 0.15) is 11.3 Å². The van der Waals surface area contributed by atoms with E-state index in [1.807, 2.05) is 87.5 Å². The number of anilines is 2. The number of rotatable bonds is 6. The van der Waals surface area contributed by atoms with Gasteiger partial charge in [-0.05, 0) is 73.4 Å². The van der Waals surface area contributed by atoms with Crippen LogP contribution >= 0.6 is 0 Å². The van der Waals surface area contributed by atoms with Crippen LogP contribution in [0, 0.1) is 20.8 Å². The zero-order chi connectivity index (χ0) is 22.4. The molecule has 3 rings (SSSR count). The average molecular weight is 415 g/mol. The number of carbonyl (C=O) groups excluding carboxylic acids is 2. The number of amides is 2. The van der Waals surface area contributed by atoms with Crippen molar-refractivity contribution in [1.29, 1.82) is 0 Å². The highest BCUT2D eigenvalue weighted by Gasteiger charge is 2.20. The van der Waals surface area contributed by atoms with Gasteiger partial charge >= 0.3 is 0 Å². The largest absolute Gasteiger partial charge is 0.496 e. The number of benzene rings is 3. The van der Waals surface area contributed by atoms with E-state index in [0.717, 1.165) is 28.0 Å². The van der Waals surface area contributed by atoms with Crippen LogP contribution in [0.2, 0.25) is 0 Å². The molecule has 0 aliphatic carbocycles. The molecule has 0 radical (unpaired) electrons. The zero-order valence-electron chi connectivity index (χ0n) is 18.2. The minimum Gasteiger partial charge on any atom is -0.496 e. The van der Waals surface area contributed by atoms with Crippen LogP contribution in [0.25, 0.3) is 6.08 Å². The third kappa shape index (κ3) is 5.39. The number of hydrogen-bond donors (Lipinski definition) is 2. The summed E-state index contributed by atoms with van der Waals surface area (Å²) in [5.41, 5.74) is 4.80. The molecule has 2 amide bonds. The monoisotopic (exact) mass is 414 g/mol. The van der Waals surface area contributed by atoms with E-state index in [-0.39, 0.29) is 5.57 Å². The van der Waals surface area contributed by atoms with Gasteiger partial charge in [-0.25, -0.2) is 0 Å². The Morgan fingerprint density at radius 3 is 1.71 bits per heavy atom. The first-order valence-electron chi connectivity index (χ1n) is 9.99. The van der Waals surface area contributed by atoms with Crippen LogP contribution in [0.5, 0.6) is 5.75 Å². The van der Waals surface area contributed by atoms with Gasteiger partial charge in [-0.3, -0.25) is 9.59 Å². The maximum atomic E-state index is 13.1. The Hall–Kier alpha value is -3.86. The topological polar surface area (TPSA) is 67.4 Å². The van der Waals surface area contributed by atoms with E-state index in [1.165, 1.54) is 0 Å². The summed E-state index contributed by atoms with van der Waals surface area (Å²) in [6.45, 7) is 5.72. The predicted molar refractivity (Wildman–Crippen MR) is 125 cm³/mol. The summed E-state index contributed by atoms with van der Waals surface area (Å²) in [4.78, 5) is 26.3. The molecule has 0 saturated heterocycles. The number of aryl methyl sites for hydroxylation is 3. The highest BCUT2D eigenvalue weighted by atomic mass is 16.5. The summed E-state index contributed by atoms with van der Waals surface area (Å²) in [5, 5.41) is 5.71. The van der Waals surface area contributed by atoms with Crippen molar-refractivity contribution >= 4 is 29.3 Å². The van der Waals surface area contributed by atoms with Gasteiger partial charge in [0.15, 0.2) is 0 Å². The van der Waals surface area contributed by atoms with Crippen LogP contribution in [0.15, 0.2) is 72.3 Å². The van der Waals surface area contributed by atoms with E-state index >= 15 is 0 Å². The Morgan fingerprint density at radius 2 is 1.26 bits per heavy atom. The maximum absolute atomic E-state index is 13.1. The van der Waals surface area contributed by atoms with Crippen LogP contribution in [0.4, 0.5) is 11.4 Å². The Labute approximate surface area is 182 Å². The van der Waals surface area contributed by atoms with Gasteiger partial charge in [0.2, 0.25) is 0 Å². The van der Waals surface area contributed by atoms with E-state index in [0.29, 0.717) is 11.4 Å². The molecule has 0 heterocycles. The molecule has 2 N–H and O–H groups in total. The minimum atomic E-state index is -0.478. The zero-order valence-corrected chi connectivity index (χ0v) is 18.2. The van der Waals surface area contributed by atoms with Crippen LogP contribution in [0.1, 0.15) is 22.3 Å². The molecule has 0 aromatic heterocycles. The van der Waals surface area contributed by atoms with Crippen molar-refractivity contribution in [2.24, 2.45) is 0 Å². The molecule has 5 nitrogen and oxygen atoms in total. The lowest BCUT2D eigenvalue weighted by atomic mass is 10.1. The Kier molecular flexibility index (Phi) is 6.88. The van der Waals surface area contributed by atoms with Gasteiger partial charge in [-0.15, -0.1) is 0 Å². The fraction of sp³-hybridized carbons (Fsp3) is 0.154. The quantitative estimate of drug-likeness (QED) is 0.328. The smallest absolute Gasteiger partial charge is 0.261 e. The lowest BCUT2D eigenvalue weighted by Crippen LogP contribution is -2.25. The van der Waals surface area contributed by atoms with Gasteiger partial charge < -0.3 is 15.4 Å². The van der Waals surface area contributed by atoms with Gasteiger partial charge in [0, 0.05) is 11.4 Å². The van der Waals surface area contributed by atoms with Crippen molar-refractivity contribution in [3.63, 3.8) is 0 Å². The molecular formula is C26H26N2O3. The summed E-state index contributed by atoms with van der Waals surface area (Å²) < 4.78 is 5.30. The lowest BCUT2D eigenvalue weighted by Gasteiger charge is -2.13. The number of nitrogens with one attached hydrogen (secondary N) is 2. The van der Waals surface area contributed by atoms with Crippen molar-refractivity contribution in [3.05, 3.63) is 94.6 Å². The van der Waals surface area contributed by atoms with Crippen molar-refractivity contribution in [2.75, 3.05) is 17.7 Å². The molecule has 0 bridgehead atoms. The molecule has 0 atom stereocenters. The van der Waals surface area contributed by atoms with Gasteiger partial charge in [0.05, 0.1) is 7.11 Å². The Bertz CT molecular complexity index is 1090. The SMILES string of the molecule is COc1ccc(C=C(C(=O)Nc2ccccc2C)C(=O)Nc2ccccc2C)cc1C. The second-order valence-corrected chi connectivity index (χ2v) is 7.33. The molecule has 3 aromatic rings. The van der Waals surface area contributed by atoms with Gasteiger partial charge in [-0.2, -0.15) is 0 Å². The van der Waals surface area contributed by atoms with E-state index in [2.05, 4.69) is 10.6 Å². The summed E-state index contributed by atoms with van der Waals surface area (Å²) in [7, 11) is 1.61. The van der Waals surface area contributed by atoms with Crippen LogP contribution in [-0.4, -0.2) is 18.9 Å². The van der Waals surface area contributed by atoms with Crippen LogP contribution < -0.4 is 15.4 Å². The summed E-state index contributed by atoms with van der Waals surface area (Å²) in [6.07, 6.45) is 1.59. The number of hydrogen-bond acceptors (Lipinski definition) is 3. The summed E-state index contributed by atoms with van der Waals surface area (Å²) >= 11 is 0. The normalized spacial score (nSPS) is 10.2. The lowest BCUT2D eigenvalue weighted by molar-refractivity contribution is -0.118. The molecule has 0 fully saturated rings. The highest BCUT2D eigenvalue weighted by molar-refractivity contribution is 6.29. The minimum absolute atomic E-state index is 0.0103. The van der Waals surface area contributed by atoms with E-state index in [1.54, 1.807) is 13.2 Å². The van der Waals surface area contributed by atoms with Crippen LogP contribution in [0.3, 0.4) is 0 Å². The Balaban J connectivity index is 1.97. The summed E-state index contributed by atoms with van der Waals surface area (Å²) in [6, 6.07) is 20.4. The van der Waals surface area contributed by atoms with E-state index < -0.39 is 11.8 Å². The molecule has 31 heavy (non-hydrogen) atoms. The second kappa shape index (κ2) is 9.76. The molecule has 5 heteroatoms. The molecule has 0 unspecified atom stereocenters. The number of carbonyl (C=O) groups is 2.